The standard InChI is InChI=1S/C23H23ClN4O4/c1-13(2)31-20-7-5-17(11-18(20)24)21-26-23(27-32-21)28-9-8-16-10-15(4-6-19(16)28)12-25-14(3)22(29)30/h4-11,13-14,25H,12H2,1-3H3,(H,29,30). The lowest BCUT2D eigenvalue weighted by Crippen LogP contribution is -2.33. The zero-order chi connectivity index (χ0) is 22.8. The number of nitrogens with zero attached hydrogens (tertiary/aromatic N) is 3. The SMILES string of the molecule is CC(C)Oc1ccc(-c2nc(-n3ccc4cc(CNC(C)C(=O)O)ccc43)no2)cc1Cl. The molecule has 2 heterocycles. The molecule has 0 amide bonds. The highest BCUT2D eigenvalue weighted by Crippen LogP contribution is 2.31. The molecule has 0 saturated heterocycles. The number of carbonyl (C=O) groups is 1. The molecule has 2 aromatic carbocycles. The highest BCUT2D eigenvalue weighted by atomic mass is 35.5. The molecule has 0 bridgehead atoms. The van der Waals surface area contributed by atoms with Crippen molar-refractivity contribution in [3.63, 3.8) is 0 Å². The molecule has 0 radical (unpaired) electrons. The monoisotopic (exact) mass is 454 g/mol. The topological polar surface area (TPSA) is 102 Å². The number of ether oxygens (including phenoxy) is 1. The zero-order valence-corrected chi connectivity index (χ0v) is 18.6. The minimum absolute atomic E-state index is 0.0206. The molecule has 9 heteroatoms. The van der Waals surface area contributed by atoms with Gasteiger partial charge in [0.25, 0.3) is 11.8 Å². The molecule has 0 saturated carbocycles. The predicted molar refractivity (Wildman–Crippen MR) is 121 cm³/mol. The van der Waals surface area contributed by atoms with Crippen LogP contribution >= 0.6 is 11.6 Å². The van der Waals surface area contributed by atoms with Gasteiger partial charge in [-0.3, -0.25) is 9.36 Å². The van der Waals surface area contributed by atoms with E-state index in [2.05, 4.69) is 15.5 Å². The van der Waals surface area contributed by atoms with E-state index in [-0.39, 0.29) is 6.10 Å². The summed E-state index contributed by atoms with van der Waals surface area (Å²) < 4.78 is 13.0. The van der Waals surface area contributed by atoms with E-state index in [0.717, 1.165) is 16.5 Å². The molecule has 0 spiro atoms. The number of carboxylic acids is 1. The lowest BCUT2D eigenvalue weighted by Gasteiger charge is -2.11. The van der Waals surface area contributed by atoms with Crippen LogP contribution in [-0.2, 0) is 11.3 Å². The van der Waals surface area contributed by atoms with Crippen LogP contribution in [0, 0.1) is 0 Å². The molecular weight excluding hydrogens is 432 g/mol. The minimum atomic E-state index is -0.881. The Morgan fingerprint density at radius 2 is 2.03 bits per heavy atom. The van der Waals surface area contributed by atoms with E-state index < -0.39 is 12.0 Å². The van der Waals surface area contributed by atoms with Crippen molar-refractivity contribution in [1.29, 1.82) is 0 Å². The van der Waals surface area contributed by atoms with Gasteiger partial charge in [-0.25, -0.2) is 0 Å². The predicted octanol–water partition coefficient (Wildman–Crippen LogP) is 4.68. The number of aliphatic carboxylic acids is 1. The van der Waals surface area contributed by atoms with Crippen molar-refractivity contribution in [3.8, 4) is 23.2 Å². The molecule has 8 nitrogen and oxygen atoms in total. The summed E-state index contributed by atoms with van der Waals surface area (Å²) in [5.74, 6) is 0.473. The molecule has 32 heavy (non-hydrogen) atoms. The number of fused-ring (bicyclic) bond motifs is 1. The van der Waals surface area contributed by atoms with Crippen LogP contribution in [0.25, 0.3) is 28.3 Å². The van der Waals surface area contributed by atoms with Gasteiger partial charge in [0, 0.05) is 23.7 Å². The molecule has 0 aliphatic carbocycles. The highest BCUT2D eigenvalue weighted by Gasteiger charge is 2.15. The molecule has 166 valence electrons. The van der Waals surface area contributed by atoms with Gasteiger partial charge >= 0.3 is 5.97 Å². The largest absolute Gasteiger partial charge is 0.489 e. The Bertz CT molecular complexity index is 1260. The van der Waals surface area contributed by atoms with E-state index in [1.54, 1.807) is 19.1 Å². The fourth-order valence-electron chi connectivity index (χ4n) is 3.25. The number of nitrogens with one attached hydrogen (secondary N) is 1. The highest BCUT2D eigenvalue weighted by molar-refractivity contribution is 6.32. The lowest BCUT2D eigenvalue weighted by atomic mass is 10.1. The summed E-state index contributed by atoms with van der Waals surface area (Å²) in [6, 6.07) is 12.6. The summed E-state index contributed by atoms with van der Waals surface area (Å²) in [4.78, 5) is 15.5. The van der Waals surface area contributed by atoms with Gasteiger partial charge in [0.05, 0.1) is 16.6 Å². The number of carboxylic acid groups (broad SMARTS) is 1. The van der Waals surface area contributed by atoms with Crippen LogP contribution in [-0.4, -0.2) is 37.9 Å². The Balaban J connectivity index is 1.56. The van der Waals surface area contributed by atoms with Gasteiger partial charge in [0.15, 0.2) is 0 Å². The van der Waals surface area contributed by atoms with Gasteiger partial charge in [-0.05, 0) is 67.9 Å². The molecule has 4 rings (SSSR count). The lowest BCUT2D eigenvalue weighted by molar-refractivity contribution is -0.139. The average Bonchev–Trinajstić information content (AvgIpc) is 3.39. The molecule has 1 unspecified atom stereocenters. The van der Waals surface area contributed by atoms with Crippen LogP contribution in [0.15, 0.2) is 53.2 Å². The number of rotatable bonds is 8. The van der Waals surface area contributed by atoms with Gasteiger partial charge in [-0.2, -0.15) is 4.98 Å². The second-order valence-electron chi connectivity index (χ2n) is 7.73. The van der Waals surface area contributed by atoms with Gasteiger partial charge < -0.3 is 19.7 Å². The van der Waals surface area contributed by atoms with E-state index in [9.17, 15) is 4.79 Å². The first-order valence-electron chi connectivity index (χ1n) is 10.2. The Morgan fingerprint density at radius 1 is 1.22 bits per heavy atom. The molecule has 0 aliphatic heterocycles. The van der Waals surface area contributed by atoms with Crippen LogP contribution in [0.1, 0.15) is 26.3 Å². The van der Waals surface area contributed by atoms with Crippen LogP contribution in [0.2, 0.25) is 5.02 Å². The number of hydrogen-bond donors (Lipinski definition) is 2. The summed E-state index contributed by atoms with van der Waals surface area (Å²) >= 11 is 6.33. The second kappa shape index (κ2) is 9.02. The van der Waals surface area contributed by atoms with E-state index in [1.165, 1.54) is 0 Å². The first-order chi connectivity index (χ1) is 15.3. The molecule has 2 N–H and O–H groups in total. The van der Waals surface area contributed by atoms with Crippen LogP contribution in [0.4, 0.5) is 0 Å². The molecule has 4 aromatic rings. The first-order valence-corrected chi connectivity index (χ1v) is 10.6. The third-order valence-corrected chi connectivity index (χ3v) is 5.21. The third kappa shape index (κ3) is 4.61. The maximum Gasteiger partial charge on any atom is 0.320 e. The number of halogens is 1. The Morgan fingerprint density at radius 3 is 2.75 bits per heavy atom. The van der Waals surface area contributed by atoms with E-state index >= 15 is 0 Å². The second-order valence-corrected chi connectivity index (χ2v) is 8.14. The summed E-state index contributed by atoms with van der Waals surface area (Å²) in [5, 5.41) is 17.6. The summed E-state index contributed by atoms with van der Waals surface area (Å²) in [5.41, 5.74) is 2.59. The van der Waals surface area contributed by atoms with Gasteiger partial charge in [0.1, 0.15) is 11.8 Å². The Hall–Kier alpha value is -3.36. The van der Waals surface area contributed by atoms with Crippen LogP contribution in [0.5, 0.6) is 5.75 Å². The van der Waals surface area contributed by atoms with Gasteiger partial charge in [0.2, 0.25) is 0 Å². The Labute approximate surface area is 189 Å². The quantitative estimate of drug-likeness (QED) is 0.398. The fraction of sp³-hybridized carbons (Fsp3) is 0.261. The fourth-order valence-corrected chi connectivity index (χ4v) is 3.47. The molecule has 0 fully saturated rings. The molecule has 1 atom stereocenters. The maximum atomic E-state index is 11.0. The van der Waals surface area contributed by atoms with Gasteiger partial charge in [-0.1, -0.05) is 17.7 Å². The van der Waals surface area contributed by atoms with Crippen molar-refractivity contribution in [2.75, 3.05) is 0 Å². The van der Waals surface area contributed by atoms with Crippen molar-refractivity contribution >= 4 is 28.5 Å². The van der Waals surface area contributed by atoms with Crippen molar-refractivity contribution in [2.24, 2.45) is 0 Å². The number of hydrogen-bond acceptors (Lipinski definition) is 6. The molecular formula is C23H23ClN4O4. The molecule has 0 aliphatic rings. The van der Waals surface area contributed by atoms with Crippen molar-refractivity contribution in [2.45, 2.75) is 39.5 Å². The van der Waals surface area contributed by atoms with Crippen molar-refractivity contribution < 1.29 is 19.2 Å². The summed E-state index contributed by atoms with van der Waals surface area (Å²) in [7, 11) is 0. The number of benzene rings is 2. The van der Waals surface area contributed by atoms with Gasteiger partial charge in [-0.15, -0.1) is 0 Å². The smallest absolute Gasteiger partial charge is 0.320 e. The number of aromatic nitrogens is 3. The minimum Gasteiger partial charge on any atom is -0.489 e. The van der Waals surface area contributed by atoms with Crippen molar-refractivity contribution in [3.05, 3.63) is 59.2 Å². The molecule has 2 aromatic heterocycles. The average molecular weight is 455 g/mol. The van der Waals surface area contributed by atoms with E-state index in [0.29, 0.717) is 34.7 Å². The zero-order valence-electron chi connectivity index (χ0n) is 17.9. The maximum absolute atomic E-state index is 11.0. The van der Waals surface area contributed by atoms with E-state index in [4.69, 9.17) is 26.0 Å². The van der Waals surface area contributed by atoms with Crippen LogP contribution in [0.3, 0.4) is 0 Å². The summed E-state index contributed by atoms with van der Waals surface area (Å²) in [6.45, 7) is 5.94. The normalized spacial score (nSPS) is 12.4. The van der Waals surface area contributed by atoms with E-state index in [1.807, 2.05) is 54.9 Å². The first kappa shape index (κ1) is 21.9. The third-order valence-electron chi connectivity index (χ3n) is 4.91. The summed E-state index contributed by atoms with van der Waals surface area (Å²) in [6.07, 6.45) is 1.88. The Kier molecular flexibility index (Phi) is 6.16. The van der Waals surface area contributed by atoms with Crippen molar-refractivity contribution in [1.82, 2.24) is 20.0 Å². The van der Waals surface area contributed by atoms with Crippen LogP contribution < -0.4 is 10.1 Å².